The molecule has 4 nitrogen and oxygen atoms in total. The number of methoxy groups -OCH3 is 1. The van der Waals surface area contributed by atoms with Crippen molar-refractivity contribution in [2.45, 2.75) is 37.8 Å². The summed E-state index contributed by atoms with van der Waals surface area (Å²) in [5.74, 6) is 1.13. The Morgan fingerprint density at radius 3 is 2.38 bits per heavy atom. The summed E-state index contributed by atoms with van der Waals surface area (Å²) in [6, 6.07) is 3.92. The van der Waals surface area contributed by atoms with Crippen LogP contribution in [-0.2, 0) is 27.8 Å². The van der Waals surface area contributed by atoms with Crippen LogP contribution >= 0.6 is 11.8 Å². The minimum Gasteiger partial charge on any atom is -0.443 e. The molecule has 0 aliphatic heterocycles. The van der Waals surface area contributed by atoms with Gasteiger partial charge in [-0.3, -0.25) is 0 Å². The molecule has 136 valence electrons. The Balaban J connectivity index is 2.99. The average molecular weight is 365 g/mol. The van der Waals surface area contributed by atoms with E-state index in [-0.39, 0.29) is 6.42 Å². The molecule has 0 radical (unpaired) electrons. The number of amides is 1. The molecule has 1 aromatic carbocycles. The number of halogens is 3. The number of hydrogen-bond donors (Lipinski definition) is 1. The molecule has 8 heteroatoms. The van der Waals surface area contributed by atoms with Crippen LogP contribution in [0.5, 0.6) is 0 Å². The standard InChI is InChI=1S/C16H22F3NO3S/c1-15(2,23-14(20)21)9-11-6-12(10-24-5-4-22-3)8-13(7-11)16(17,18)19/h6-8H,4-5,9-10H2,1-3H3,(H2,20,21). The quantitative estimate of drug-likeness (QED) is 0.708. The van der Waals surface area contributed by atoms with Crippen LogP contribution < -0.4 is 5.73 Å². The summed E-state index contributed by atoms with van der Waals surface area (Å²) < 4.78 is 49.2. The maximum Gasteiger partial charge on any atom is 0.416 e. The van der Waals surface area contributed by atoms with E-state index in [4.69, 9.17) is 15.2 Å². The smallest absolute Gasteiger partial charge is 0.416 e. The summed E-state index contributed by atoms with van der Waals surface area (Å²) in [4.78, 5) is 10.9. The van der Waals surface area contributed by atoms with Crippen LogP contribution in [0.15, 0.2) is 18.2 Å². The highest BCUT2D eigenvalue weighted by Crippen LogP contribution is 2.32. The van der Waals surface area contributed by atoms with Crippen LogP contribution in [0.3, 0.4) is 0 Å². The lowest BCUT2D eigenvalue weighted by Gasteiger charge is -2.24. The van der Waals surface area contributed by atoms with Crippen LogP contribution in [0, 0.1) is 0 Å². The van der Waals surface area contributed by atoms with Crippen molar-refractivity contribution in [1.82, 2.24) is 0 Å². The maximum atomic E-state index is 13.1. The van der Waals surface area contributed by atoms with Gasteiger partial charge in [-0.1, -0.05) is 6.07 Å². The molecule has 0 atom stereocenters. The molecule has 1 amide bonds. The van der Waals surface area contributed by atoms with Gasteiger partial charge in [0.15, 0.2) is 0 Å². The predicted octanol–water partition coefficient (Wildman–Crippen LogP) is 4.00. The topological polar surface area (TPSA) is 61.6 Å². The molecule has 0 aromatic heterocycles. The van der Waals surface area contributed by atoms with Crippen molar-refractivity contribution in [3.8, 4) is 0 Å². The Kier molecular flexibility index (Phi) is 7.41. The molecule has 0 unspecified atom stereocenters. The molecule has 1 rings (SSSR count). The highest BCUT2D eigenvalue weighted by molar-refractivity contribution is 7.98. The largest absolute Gasteiger partial charge is 0.443 e. The molecular formula is C16H22F3NO3S. The van der Waals surface area contributed by atoms with Crippen LogP contribution in [0.2, 0.25) is 0 Å². The van der Waals surface area contributed by atoms with Crippen molar-refractivity contribution in [2.75, 3.05) is 19.5 Å². The fourth-order valence-electron chi connectivity index (χ4n) is 2.24. The van der Waals surface area contributed by atoms with Crippen molar-refractivity contribution in [2.24, 2.45) is 5.73 Å². The first-order chi connectivity index (χ1) is 11.0. The molecule has 0 spiro atoms. The van der Waals surface area contributed by atoms with E-state index in [1.165, 1.54) is 11.8 Å². The molecule has 0 aliphatic rings. The Bertz CT molecular complexity index is 562. The summed E-state index contributed by atoms with van der Waals surface area (Å²) in [7, 11) is 1.57. The summed E-state index contributed by atoms with van der Waals surface area (Å²) in [6.45, 7) is 3.74. The highest BCUT2D eigenvalue weighted by atomic mass is 32.2. The lowest BCUT2D eigenvalue weighted by molar-refractivity contribution is -0.137. The fourth-order valence-corrected chi connectivity index (χ4v) is 3.08. The fraction of sp³-hybridized carbons (Fsp3) is 0.562. The molecule has 1 aromatic rings. The zero-order chi connectivity index (χ0) is 18.4. The molecular weight excluding hydrogens is 343 g/mol. The zero-order valence-corrected chi connectivity index (χ0v) is 14.7. The first-order valence-electron chi connectivity index (χ1n) is 7.28. The van der Waals surface area contributed by atoms with Gasteiger partial charge in [-0.25, -0.2) is 4.79 Å². The Labute approximate surface area is 143 Å². The maximum absolute atomic E-state index is 13.1. The summed E-state index contributed by atoms with van der Waals surface area (Å²) >= 11 is 1.49. The third-order valence-electron chi connectivity index (χ3n) is 3.09. The van der Waals surface area contributed by atoms with Crippen molar-refractivity contribution < 1.29 is 27.4 Å². The Hall–Kier alpha value is -1.41. The highest BCUT2D eigenvalue weighted by Gasteiger charge is 2.32. The molecule has 0 saturated carbocycles. The third-order valence-corrected chi connectivity index (χ3v) is 4.08. The van der Waals surface area contributed by atoms with Gasteiger partial charge in [0, 0.05) is 25.0 Å². The number of ether oxygens (including phenoxy) is 2. The number of carbonyl (C=O) groups excluding carboxylic acids is 1. The van der Waals surface area contributed by atoms with E-state index in [1.807, 2.05) is 0 Å². The van der Waals surface area contributed by atoms with Crippen molar-refractivity contribution in [3.05, 3.63) is 34.9 Å². The second-order valence-electron chi connectivity index (χ2n) is 5.94. The van der Waals surface area contributed by atoms with E-state index in [0.717, 1.165) is 12.1 Å². The van der Waals surface area contributed by atoms with Gasteiger partial charge in [0.25, 0.3) is 0 Å². The number of carbonyl (C=O) groups is 1. The molecule has 0 heterocycles. The van der Waals surface area contributed by atoms with E-state index in [0.29, 0.717) is 29.2 Å². The van der Waals surface area contributed by atoms with Gasteiger partial charge in [0.1, 0.15) is 5.60 Å². The predicted molar refractivity (Wildman–Crippen MR) is 87.9 cm³/mol. The number of thioether (sulfide) groups is 1. The molecule has 24 heavy (non-hydrogen) atoms. The van der Waals surface area contributed by atoms with Gasteiger partial charge < -0.3 is 15.2 Å². The third kappa shape index (κ3) is 7.44. The first kappa shape index (κ1) is 20.6. The molecule has 2 N–H and O–H groups in total. The minimum absolute atomic E-state index is 0.135. The number of rotatable bonds is 8. The first-order valence-corrected chi connectivity index (χ1v) is 8.44. The van der Waals surface area contributed by atoms with Gasteiger partial charge in [0.2, 0.25) is 0 Å². The lowest BCUT2D eigenvalue weighted by atomic mass is 9.95. The monoisotopic (exact) mass is 365 g/mol. The normalized spacial score (nSPS) is 12.2. The van der Waals surface area contributed by atoms with Crippen LogP contribution in [0.1, 0.15) is 30.5 Å². The van der Waals surface area contributed by atoms with Crippen LogP contribution in [0.4, 0.5) is 18.0 Å². The second kappa shape index (κ2) is 8.62. The van der Waals surface area contributed by atoms with Gasteiger partial charge in [-0.05, 0) is 37.1 Å². The molecule has 0 bridgehead atoms. The van der Waals surface area contributed by atoms with Crippen molar-refractivity contribution in [1.29, 1.82) is 0 Å². The van der Waals surface area contributed by atoms with Gasteiger partial charge in [0.05, 0.1) is 12.2 Å². The number of benzene rings is 1. The molecule has 0 fully saturated rings. The SMILES string of the molecule is COCCSCc1cc(CC(C)(C)OC(N)=O)cc(C(F)(F)F)c1. The average Bonchev–Trinajstić information content (AvgIpc) is 2.40. The van der Waals surface area contributed by atoms with E-state index in [2.05, 4.69) is 0 Å². The molecule has 0 aliphatic carbocycles. The zero-order valence-electron chi connectivity index (χ0n) is 13.9. The van der Waals surface area contributed by atoms with E-state index in [9.17, 15) is 18.0 Å². The lowest BCUT2D eigenvalue weighted by Crippen LogP contribution is -2.33. The van der Waals surface area contributed by atoms with E-state index >= 15 is 0 Å². The summed E-state index contributed by atoms with van der Waals surface area (Å²) in [5, 5.41) is 0. The van der Waals surface area contributed by atoms with Gasteiger partial charge in [-0.15, -0.1) is 0 Å². The van der Waals surface area contributed by atoms with Gasteiger partial charge >= 0.3 is 12.3 Å². The van der Waals surface area contributed by atoms with E-state index in [1.54, 1.807) is 27.0 Å². The van der Waals surface area contributed by atoms with Crippen LogP contribution in [0.25, 0.3) is 0 Å². The Morgan fingerprint density at radius 1 is 1.21 bits per heavy atom. The Morgan fingerprint density at radius 2 is 1.83 bits per heavy atom. The minimum atomic E-state index is -4.43. The van der Waals surface area contributed by atoms with Crippen LogP contribution in [-0.4, -0.2) is 31.2 Å². The number of alkyl halides is 3. The number of hydrogen-bond acceptors (Lipinski definition) is 4. The van der Waals surface area contributed by atoms with Gasteiger partial charge in [-0.2, -0.15) is 24.9 Å². The molecule has 0 saturated heterocycles. The number of nitrogens with two attached hydrogens (primary N) is 1. The second-order valence-corrected chi connectivity index (χ2v) is 7.04. The van der Waals surface area contributed by atoms with E-state index < -0.39 is 23.4 Å². The number of primary amides is 1. The summed E-state index contributed by atoms with van der Waals surface area (Å²) in [6.07, 6.45) is -5.26. The summed E-state index contributed by atoms with van der Waals surface area (Å²) in [5.41, 5.74) is 4.31. The van der Waals surface area contributed by atoms with Crippen molar-refractivity contribution in [3.63, 3.8) is 0 Å². The van der Waals surface area contributed by atoms with Crippen molar-refractivity contribution >= 4 is 17.9 Å².